The summed E-state index contributed by atoms with van der Waals surface area (Å²) in [6.07, 6.45) is -7.01. The molecule has 19 heteroatoms. The summed E-state index contributed by atoms with van der Waals surface area (Å²) in [6.45, 7) is 20.7. The highest BCUT2D eigenvalue weighted by Crippen LogP contribution is 2.16. The SMILES string of the molecule is CC(OC(=O)C(NC(=O)C(C)OC(=O)C(NC(=O)C(O)C(C)C)C(C)C)C(C)C)C(=O)NC(C(=O)OC(C(=O)NC(C(=O)OCC(O)CO)C(C)C)C(C)C)C(C)C. The monoisotopic (exact) mass is 832 g/mol. The molecule has 0 aromatic carbocycles. The van der Waals surface area contributed by atoms with Crippen molar-refractivity contribution in [2.75, 3.05) is 13.2 Å². The van der Waals surface area contributed by atoms with Crippen LogP contribution in [0.5, 0.6) is 0 Å². The lowest BCUT2D eigenvalue weighted by atomic mass is 10.0. The number of carbonyl (C=O) groups is 8. The summed E-state index contributed by atoms with van der Waals surface area (Å²) >= 11 is 0. The van der Waals surface area contributed by atoms with E-state index in [1.165, 1.54) is 13.8 Å². The number of aliphatic hydroxyl groups excluding tert-OH is 3. The third-order valence-corrected chi connectivity index (χ3v) is 8.83. The van der Waals surface area contributed by atoms with Gasteiger partial charge in [-0.1, -0.05) is 83.1 Å². The van der Waals surface area contributed by atoms with Crippen LogP contribution in [0.3, 0.4) is 0 Å². The van der Waals surface area contributed by atoms with Crippen LogP contribution in [0, 0.1) is 35.5 Å². The summed E-state index contributed by atoms with van der Waals surface area (Å²) in [7, 11) is 0. The summed E-state index contributed by atoms with van der Waals surface area (Å²) < 4.78 is 21.2. The molecule has 0 spiro atoms. The molecule has 58 heavy (non-hydrogen) atoms. The molecule has 334 valence electrons. The maximum Gasteiger partial charge on any atom is 0.329 e. The van der Waals surface area contributed by atoms with Gasteiger partial charge >= 0.3 is 23.9 Å². The standard InChI is InChI=1S/C39H68N4O15/c1-17(2)26(36(51)55-16-25(45)15-44)43-35(50)31(22(11)12)58-39(54)29(20(7)8)41-33(48)24(14)56-37(52)27(18(3)4)40-32(47)23(13)57-38(53)28(19(5)6)42-34(49)30(46)21(9)10/h17-31,44-46H,15-16H2,1-14H3,(H,40,47)(H,41,48)(H,42,49)(H,43,50). The van der Waals surface area contributed by atoms with E-state index in [0.717, 1.165) is 0 Å². The molecular weight excluding hydrogens is 764 g/mol. The Balaban J connectivity index is 5.72. The molecule has 0 bridgehead atoms. The van der Waals surface area contributed by atoms with E-state index in [4.69, 9.17) is 24.1 Å². The fourth-order valence-electron chi connectivity index (χ4n) is 4.92. The largest absolute Gasteiger partial charge is 0.461 e. The van der Waals surface area contributed by atoms with Crippen LogP contribution < -0.4 is 21.3 Å². The zero-order chi connectivity index (χ0) is 45.4. The van der Waals surface area contributed by atoms with Gasteiger partial charge < -0.3 is 55.5 Å². The van der Waals surface area contributed by atoms with Gasteiger partial charge in [0.15, 0.2) is 18.3 Å². The van der Waals surface area contributed by atoms with E-state index >= 15 is 0 Å². The number of ether oxygens (including phenoxy) is 4. The van der Waals surface area contributed by atoms with Gasteiger partial charge in [0, 0.05) is 0 Å². The molecule has 0 aliphatic carbocycles. The fraction of sp³-hybridized carbons (Fsp3) is 0.795. The highest BCUT2D eigenvalue weighted by atomic mass is 16.6. The van der Waals surface area contributed by atoms with E-state index in [1.54, 1.807) is 83.1 Å². The topological polar surface area (TPSA) is 282 Å². The zero-order valence-electron chi connectivity index (χ0n) is 36.3. The number of aliphatic hydroxyl groups is 3. The minimum Gasteiger partial charge on any atom is -0.461 e. The van der Waals surface area contributed by atoms with Gasteiger partial charge in [0.1, 0.15) is 43.0 Å². The van der Waals surface area contributed by atoms with E-state index in [9.17, 15) is 48.6 Å². The maximum absolute atomic E-state index is 13.4. The van der Waals surface area contributed by atoms with Crippen molar-refractivity contribution in [2.45, 2.75) is 152 Å². The highest BCUT2D eigenvalue weighted by molar-refractivity contribution is 5.93. The molecular formula is C39H68N4O15. The van der Waals surface area contributed by atoms with Crippen LogP contribution in [-0.2, 0) is 57.3 Å². The second-order valence-corrected chi connectivity index (χ2v) is 16.3. The van der Waals surface area contributed by atoms with Crippen molar-refractivity contribution in [3.8, 4) is 0 Å². The molecule has 9 atom stereocenters. The minimum atomic E-state index is -1.49. The number of carbonyl (C=O) groups excluding carboxylic acids is 8. The van der Waals surface area contributed by atoms with Crippen LogP contribution >= 0.6 is 0 Å². The summed E-state index contributed by atoms with van der Waals surface area (Å²) in [5.41, 5.74) is 0. The summed E-state index contributed by atoms with van der Waals surface area (Å²) in [5.74, 6) is -10.3. The summed E-state index contributed by atoms with van der Waals surface area (Å²) in [5, 5.41) is 38.5. The third kappa shape index (κ3) is 17.6. The Morgan fingerprint density at radius 1 is 0.431 bits per heavy atom. The van der Waals surface area contributed by atoms with Crippen molar-refractivity contribution < 1.29 is 72.6 Å². The Morgan fingerprint density at radius 3 is 1.09 bits per heavy atom. The van der Waals surface area contributed by atoms with Crippen molar-refractivity contribution in [1.82, 2.24) is 21.3 Å². The van der Waals surface area contributed by atoms with Gasteiger partial charge in [-0.15, -0.1) is 0 Å². The molecule has 7 N–H and O–H groups in total. The van der Waals surface area contributed by atoms with Gasteiger partial charge in [-0.2, -0.15) is 0 Å². The molecule has 9 unspecified atom stereocenters. The van der Waals surface area contributed by atoms with Crippen molar-refractivity contribution in [3.63, 3.8) is 0 Å². The van der Waals surface area contributed by atoms with Crippen LogP contribution in [0.15, 0.2) is 0 Å². The molecule has 0 aliphatic heterocycles. The first-order chi connectivity index (χ1) is 26.7. The van der Waals surface area contributed by atoms with Gasteiger partial charge in [0.05, 0.1) is 6.61 Å². The summed E-state index contributed by atoms with van der Waals surface area (Å²) in [6, 6.07) is -5.00. The molecule has 0 aromatic rings. The minimum absolute atomic E-state index is 0.419. The number of rotatable bonds is 24. The van der Waals surface area contributed by atoms with Crippen LogP contribution in [0.1, 0.15) is 96.9 Å². The average molecular weight is 833 g/mol. The first-order valence-corrected chi connectivity index (χ1v) is 19.6. The van der Waals surface area contributed by atoms with Crippen molar-refractivity contribution in [3.05, 3.63) is 0 Å². The van der Waals surface area contributed by atoms with Crippen molar-refractivity contribution >= 4 is 47.5 Å². The molecule has 0 heterocycles. The lowest BCUT2D eigenvalue weighted by molar-refractivity contribution is -0.165. The number of esters is 4. The Labute approximate surface area is 341 Å². The Morgan fingerprint density at radius 2 is 0.759 bits per heavy atom. The van der Waals surface area contributed by atoms with E-state index in [2.05, 4.69) is 21.3 Å². The Kier molecular flexibility index (Phi) is 23.3. The van der Waals surface area contributed by atoms with Crippen LogP contribution in [0.4, 0.5) is 0 Å². The number of hydrogen-bond donors (Lipinski definition) is 7. The second-order valence-electron chi connectivity index (χ2n) is 16.3. The van der Waals surface area contributed by atoms with Gasteiger partial charge in [-0.05, 0) is 49.4 Å². The van der Waals surface area contributed by atoms with Crippen LogP contribution in [-0.4, -0.2) is 131 Å². The predicted octanol–water partition coefficient (Wildman–Crippen LogP) is -0.106. The second kappa shape index (κ2) is 25.2. The number of amides is 4. The Bertz CT molecular complexity index is 1400. The van der Waals surface area contributed by atoms with Crippen LogP contribution in [0.2, 0.25) is 0 Å². The first kappa shape index (κ1) is 53.6. The molecule has 4 amide bonds. The number of nitrogens with one attached hydrogen (secondary N) is 4. The van der Waals surface area contributed by atoms with Crippen molar-refractivity contribution in [2.24, 2.45) is 35.5 Å². The van der Waals surface area contributed by atoms with E-state index in [0.29, 0.717) is 0 Å². The maximum atomic E-state index is 13.4. The van der Waals surface area contributed by atoms with Gasteiger partial charge in [0.2, 0.25) is 5.91 Å². The van der Waals surface area contributed by atoms with Crippen molar-refractivity contribution in [1.29, 1.82) is 0 Å². The fourth-order valence-corrected chi connectivity index (χ4v) is 4.92. The van der Waals surface area contributed by atoms with Gasteiger partial charge in [0.25, 0.3) is 17.7 Å². The average Bonchev–Trinajstić information content (AvgIpc) is 3.12. The van der Waals surface area contributed by atoms with E-state index < -0.39 is 151 Å². The lowest BCUT2D eigenvalue weighted by Gasteiger charge is -2.29. The predicted molar refractivity (Wildman–Crippen MR) is 208 cm³/mol. The number of hydrogen-bond acceptors (Lipinski definition) is 15. The highest BCUT2D eigenvalue weighted by Gasteiger charge is 2.38. The molecule has 19 nitrogen and oxygen atoms in total. The quantitative estimate of drug-likeness (QED) is 0.0494. The van der Waals surface area contributed by atoms with Crippen LogP contribution in [0.25, 0.3) is 0 Å². The smallest absolute Gasteiger partial charge is 0.329 e. The summed E-state index contributed by atoms with van der Waals surface area (Å²) in [4.78, 5) is 104. The van der Waals surface area contributed by atoms with E-state index in [1.807, 2.05) is 0 Å². The molecule has 0 rings (SSSR count). The molecule has 0 radical (unpaired) electrons. The van der Waals surface area contributed by atoms with Gasteiger partial charge in [-0.25, -0.2) is 19.2 Å². The first-order valence-electron chi connectivity index (χ1n) is 19.6. The lowest BCUT2D eigenvalue weighted by Crippen LogP contribution is -2.55. The third-order valence-electron chi connectivity index (χ3n) is 8.83. The molecule has 0 saturated heterocycles. The van der Waals surface area contributed by atoms with Gasteiger partial charge in [-0.3, -0.25) is 19.2 Å². The normalized spacial score (nSPS) is 16.3. The Hall–Kier alpha value is -4.36. The van der Waals surface area contributed by atoms with E-state index in [-0.39, 0.29) is 0 Å². The molecule has 0 aromatic heterocycles. The molecule has 0 fully saturated rings. The zero-order valence-corrected chi connectivity index (χ0v) is 36.3. The molecule has 0 aliphatic rings. The molecule has 0 saturated carbocycles.